The van der Waals surface area contributed by atoms with E-state index in [1.165, 1.54) is 0 Å². The Kier molecular flexibility index (Phi) is 5.11. The van der Waals surface area contributed by atoms with E-state index in [2.05, 4.69) is 10.6 Å². The zero-order valence-corrected chi connectivity index (χ0v) is 14.9. The van der Waals surface area contributed by atoms with Crippen LogP contribution in [0.25, 0.3) is 0 Å². The minimum Gasteiger partial charge on any atom is -0.497 e. The molecule has 1 saturated carbocycles. The third kappa shape index (κ3) is 3.64. The Labute approximate surface area is 152 Å². The van der Waals surface area contributed by atoms with Crippen LogP contribution in [0.5, 0.6) is 11.5 Å². The maximum atomic E-state index is 12.6. The monoisotopic (exact) mass is 354 g/mol. The van der Waals surface area contributed by atoms with Crippen molar-refractivity contribution in [2.24, 2.45) is 5.41 Å². The Bertz CT molecular complexity index is 815. The van der Waals surface area contributed by atoms with Crippen LogP contribution in [0, 0.1) is 5.41 Å². The largest absolute Gasteiger partial charge is 0.497 e. The molecule has 0 aromatic heterocycles. The quantitative estimate of drug-likeness (QED) is 0.750. The Hall–Kier alpha value is -3.02. The van der Waals surface area contributed by atoms with E-state index < -0.39 is 5.41 Å². The molecule has 6 heteroatoms. The van der Waals surface area contributed by atoms with Crippen LogP contribution in [0.15, 0.2) is 48.5 Å². The number of para-hydroxylation sites is 1. The molecule has 2 amide bonds. The van der Waals surface area contributed by atoms with Gasteiger partial charge in [0.15, 0.2) is 0 Å². The Morgan fingerprint density at radius 3 is 2.46 bits per heavy atom. The topological polar surface area (TPSA) is 76.7 Å². The fourth-order valence-electron chi connectivity index (χ4n) is 2.83. The van der Waals surface area contributed by atoms with Crippen molar-refractivity contribution in [2.45, 2.75) is 19.4 Å². The summed E-state index contributed by atoms with van der Waals surface area (Å²) >= 11 is 0. The van der Waals surface area contributed by atoms with Gasteiger partial charge in [-0.15, -0.1) is 0 Å². The predicted octanol–water partition coefficient (Wildman–Crippen LogP) is 2.74. The van der Waals surface area contributed by atoms with Crippen LogP contribution in [0.1, 0.15) is 18.4 Å². The van der Waals surface area contributed by atoms with Crippen molar-refractivity contribution in [3.63, 3.8) is 0 Å². The lowest BCUT2D eigenvalue weighted by molar-refractivity contribution is -0.134. The first-order chi connectivity index (χ1) is 12.6. The second-order valence-corrected chi connectivity index (χ2v) is 6.26. The van der Waals surface area contributed by atoms with E-state index in [0.717, 1.165) is 5.56 Å². The van der Waals surface area contributed by atoms with E-state index in [0.29, 0.717) is 36.6 Å². The van der Waals surface area contributed by atoms with E-state index in [9.17, 15) is 9.59 Å². The fourth-order valence-corrected chi connectivity index (χ4v) is 2.83. The summed E-state index contributed by atoms with van der Waals surface area (Å²) in [4.78, 5) is 25.3. The molecule has 0 aliphatic heterocycles. The van der Waals surface area contributed by atoms with Crippen LogP contribution in [0.3, 0.4) is 0 Å². The number of methoxy groups -OCH3 is 2. The minimum atomic E-state index is -0.995. The minimum absolute atomic E-state index is 0.260. The molecule has 1 aliphatic carbocycles. The van der Waals surface area contributed by atoms with Gasteiger partial charge >= 0.3 is 0 Å². The van der Waals surface area contributed by atoms with Crippen LogP contribution in [-0.2, 0) is 16.1 Å². The number of rotatable bonds is 7. The third-order valence-electron chi connectivity index (χ3n) is 4.58. The molecule has 0 saturated heterocycles. The summed E-state index contributed by atoms with van der Waals surface area (Å²) < 4.78 is 10.4. The summed E-state index contributed by atoms with van der Waals surface area (Å²) in [6, 6.07) is 14.5. The highest BCUT2D eigenvalue weighted by Crippen LogP contribution is 2.47. The van der Waals surface area contributed by atoms with Crippen molar-refractivity contribution in [3.05, 3.63) is 54.1 Å². The second-order valence-electron chi connectivity index (χ2n) is 6.26. The first kappa shape index (κ1) is 17.8. The van der Waals surface area contributed by atoms with Crippen molar-refractivity contribution in [1.29, 1.82) is 0 Å². The average molecular weight is 354 g/mol. The van der Waals surface area contributed by atoms with Gasteiger partial charge in [-0.3, -0.25) is 9.59 Å². The summed E-state index contributed by atoms with van der Waals surface area (Å²) in [5, 5.41) is 5.68. The average Bonchev–Trinajstić information content (AvgIpc) is 3.48. The molecule has 136 valence electrons. The summed E-state index contributed by atoms with van der Waals surface area (Å²) in [7, 11) is 3.15. The number of benzene rings is 2. The Balaban J connectivity index is 1.64. The van der Waals surface area contributed by atoms with Gasteiger partial charge in [0.1, 0.15) is 16.9 Å². The molecule has 0 unspecified atom stereocenters. The molecule has 1 aliphatic rings. The molecule has 3 rings (SSSR count). The summed E-state index contributed by atoms with van der Waals surface area (Å²) in [6.07, 6.45) is 1.08. The van der Waals surface area contributed by atoms with Gasteiger partial charge < -0.3 is 20.1 Å². The first-order valence-corrected chi connectivity index (χ1v) is 8.45. The number of nitrogens with one attached hydrogen (secondary N) is 2. The first-order valence-electron chi connectivity index (χ1n) is 8.45. The van der Waals surface area contributed by atoms with Gasteiger partial charge in [-0.1, -0.05) is 24.3 Å². The third-order valence-corrected chi connectivity index (χ3v) is 4.58. The van der Waals surface area contributed by atoms with Gasteiger partial charge in [-0.05, 0) is 31.0 Å². The van der Waals surface area contributed by atoms with Crippen molar-refractivity contribution in [1.82, 2.24) is 5.32 Å². The van der Waals surface area contributed by atoms with Gasteiger partial charge in [-0.25, -0.2) is 0 Å². The fraction of sp³-hybridized carbons (Fsp3) is 0.300. The lowest BCUT2D eigenvalue weighted by atomic mass is 10.0. The van der Waals surface area contributed by atoms with Crippen molar-refractivity contribution in [3.8, 4) is 11.5 Å². The molecule has 0 radical (unpaired) electrons. The van der Waals surface area contributed by atoms with E-state index in [1.807, 2.05) is 24.3 Å². The van der Waals surface area contributed by atoms with Crippen molar-refractivity contribution >= 4 is 17.5 Å². The molecule has 1 fully saturated rings. The Morgan fingerprint density at radius 1 is 1.00 bits per heavy atom. The summed E-state index contributed by atoms with van der Waals surface area (Å²) in [5.74, 6) is 0.804. The number of amides is 2. The van der Waals surface area contributed by atoms with Gasteiger partial charge in [0, 0.05) is 23.9 Å². The zero-order chi connectivity index (χ0) is 18.6. The van der Waals surface area contributed by atoms with Crippen molar-refractivity contribution in [2.75, 3.05) is 19.5 Å². The molecule has 0 atom stereocenters. The van der Waals surface area contributed by atoms with E-state index in [4.69, 9.17) is 9.47 Å². The zero-order valence-electron chi connectivity index (χ0n) is 14.9. The normalized spacial score (nSPS) is 14.2. The maximum absolute atomic E-state index is 12.6. The number of carbonyl (C=O) groups is 2. The van der Waals surface area contributed by atoms with E-state index in [1.54, 1.807) is 38.5 Å². The molecule has 26 heavy (non-hydrogen) atoms. The number of hydrogen-bond donors (Lipinski definition) is 2. The van der Waals surface area contributed by atoms with Crippen molar-refractivity contribution < 1.29 is 19.1 Å². The SMILES string of the molecule is COc1cccc(NC(=O)C2(C(=O)NCc3ccccc3OC)CC2)c1. The highest BCUT2D eigenvalue weighted by molar-refractivity contribution is 6.13. The van der Waals surface area contributed by atoms with Gasteiger partial charge in [-0.2, -0.15) is 0 Å². The lowest BCUT2D eigenvalue weighted by Gasteiger charge is -2.16. The number of hydrogen-bond acceptors (Lipinski definition) is 4. The van der Waals surface area contributed by atoms with Crippen LogP contribution >= 0.6 is 0 Å². The van der Waals surface area contributed by atoms with E-state index >= 15 is 0 Å². The molecular formula is C20H22N2O4. The lowest BCUT2D eigenvalue weighted by Crippen LogP contribution is -2.39. The maximum Gasteiger partial charge on any atom is 0.240 e. The molecule has 2 aromatic carbocycles. The predicted molar refractivity (Wildman–Crippen MR) is 98.1 cm³/mol. The number of ether oxygens (including phenoxy) is 2. The molecule has 2 N–H and O–H groups in total. The second kappa shape index (κ2) is 7.47. The molecule has 6 nitrogen and oxygen atoms in total. The molecule has 0 heterocycles. The van der Waals surface area contributed by atoms with Gasteiger partial charge in [0.05, 0.1) is 14.2 Å². The Morgan fingerprint density at radius 2 is 1.77 bits per heavy atom. The highest BCUT2D eigenvalue weighted by atomic mass is 16.5. The molecule has 2 aromatic rings. The molecular weight excluding hydrogens is 332 g/mol. The molecule has 0 spiro atoms. The number of anilines is 1. The summed E-state index contributed by atoms with van der Waals surface area (Å²) in [5.41, 5.74) is 0.482. The molecule has 0 bridgehead atoms. The van der Waals surface area contributed by atoms with Crippen LogP contribution in [0.2, 0.25) is 0 Å². The van der Waals surface area contributed by atoms with Gasteiger partial charge in [0.25, 0.3) is 0 Å². The van der Waals surface area contributed by atoms with Crippen LogP contribution < -0.4 is 20.1 Å². The van der Waals surface area contributed by atoms with Gasteiger partial charge in [0.2, 0.25) is 11.8 Å². The smallest absolute Gasteiger partial charge is 0.240 e. The highest BCUT2D eigenvalue weighted by Gasteiger charge is 2.56. The number of carbonyl (C=O) groups excluding carboxylic acids is 2. The van der Waals surface area contributed by atoms with Crippen LogP contribution in [-0.4, -0.2) is 26.0 Å². The standard InChI is InChI=1S/C20H22N2O4/c1-25-16-8-5-7-15(12-16)22-19(24)20(10-11-20)18(23)21-13-14-6-3-4-9-17(14)26-2/h3-9,12H,10-11,13H2,1-2H3,(H,21,23)(H,22,24). The summed E-state index contributed by atoms with van der Waals surface area (Å²) in [6.45, 7) is 0.317. The van der Waals surface area contributed by atoms with Crippen LogP contribution in [0.4, 0.5) is 5.69 Å². The van der Waals surface area contributed by atoms with E-state index in [-0.39, 0.29) is 11.8 Å².